The number of para-hydroxylation sites is 2. The fraction of sp³-hybridized carbons (Fsp3) is 0.526. The van der Waals surface area contributed by atoms with Gasteiger partial charge in [0.25, 0.3) is 0 Å². The molecule has 0 amide bonds. The summed E-state index contributed by atoms with van der Waals surface area (Å²) in [6.45, 7) is 5.52. The minimum atomic E-state index is 0.527. The number of hydrogen-bond donors (Lipinski definition) is 1. The van der Waals surface area contributed by atoms with Gasteiger partial charge in [-0.25, -0.2) is 4.68 Å². The molecule has 2 heterocycles. The zero-order chi connectivity index (χ0) is 16.2. The van der Waals surface area contributed by atoms with Gasteiger partial charge in [0.05, 0.1) is 12.8 Å². The molecule has 1 aliphatic heterocycles. The summed E-state index contributed by atoms with van der Waals surface area (Å²) in [6.07, 6.45) is 5.81. The molecule has 0 aliphatic carbocycles. The molecular weight excluding hydrogens is 286 g/mol. The van der Waals surface area contributed by atoms with Gasteiger partial charge >= 0.3 is 0 Å². The van der Waals surface area contributed by atoms with E-state index in [-0.39, 0.29) is 0 Å². The van der Waals surface area contributed by atoms with Gasteiger partial charge in [0.1, 0.15) is 17.3 Å². The first kappa shape index (κ1) is 15.9. The molecule has 4 nitrogen and oxygen atoms in total. The second kappa shape index (κ2) is 7.07. The number of methoxy groups -OCH3 is 1. The predicted molar refractivity (Wildman–Crippen MR) is 94.9 cm³/mol. The van der Waals surface area contributed by atoms with Crippen molar-refractivity contribution in [3.05, 3.63) is 35.5 Å². The van der Waals surface area contributed by atoms with Crippen molar-refractivity contribution in [3.8, 4) is 11.4 Å². The summed E-state index contributed by atoms with van der Waals surface area (Å²) in [5.41, 5.74) is 3.69. The van der Waals surface area contributed by atoms with E-state index in [9.17, 15) is 0 Å². The monoisotopic (exact) mass is 313 g/mol. The molecule has 0 radical (unpaired) electrons. The summed E-state index contributed by atoms with van der Waals surface area (Å²) in [6, 6.07) is 8.12. The van der Waals surface area contributed by atoms with Crippen LogP contribution in [0.25, 0.3) is 5.69 Å². The quantitative estimate of drug-likeness (QED) is 0.881. The van der Waals surface area contributed by atoms with Crippen LogP contribution in [-0.2, 0) is 6.42 Å². The molecule has 0 fully saturated rings. The highest BCUT2D eigenvalue weighted by Gasteiger charge is 2.25. The second-order valence-electron chi connectivity index (χ2n) is 6.19. The Morgan fingerprint density at radius 3 is 2.74 bits per heavy atom. The van der Waals surface area contributed by atoms with Gasteiger partial charge in [0.15, 0.2) is 0 Å². The Morgan fingerprint density at radius 2 is 2.00 bits per heavy atom. The van der Waals surface area contributed by atoms with Crippen LogP contribution in [0.15, 0.2) is 24.3 Å². The minimum Gasteiger partial charge on any atom is -0.494 e. The average molecular weight is 313 g/mol. The van der Waals surface area contributed by atoms with Crippen LogP contribution in [-0.4, -0.2) is 23.4 Å². The molecule has 1 aliphatic rings. The zero-order valence-corrected chi connectivity index (χ0v) is 14.4. The van der Waals surface area contributed by atoms with E-state index < -0.39 is 0 Å². The highest BCUT2D eigenvalue weighted by atomic mass is 16.5. The van der Waals surface area contributed by atoms with Crippen LogP contribution in [0.1, 0.15) is 56.7 Å². The van der Waals surface area contributed by atoms with Gasteiger partial charge in [-0.3, -0.25) is 0 Å². The lowest BCUT2D eigenvalue weighted by Gasteiger charge is -2.12. The van der Waals surface area contributed by atoms with E-state index in [0.717, 1.165) is 43.1 Å². The third-order valence-corrected chi connectivity index (χ3v) is 4.85. The van der Waals surface area contributed by atoms with Gasteiger partial charge in [-0.15, -0.1) is 0 Å². The van der Waals surface area contributed by atoms with Gasteiger partial charge in [-0.05, 0) is 44.2 Å². The van der Waals surface area contributed by atoms with Crippen LogP contribution in [0.5, 0.6) is 5.75 Å². The largest absolute Gasteiger partial charge is 0.494 e. The molecule has 1 aromatic carbocycles. The fourth-order valence-corrected chi connectivity index (χ4v) is 3.51. The first-order chi connectivity index (χ1) is 11.3. The molecule has 0 unspecified atom stereocenters. The maximum atomic E-state index is 5.56. The second-order valence-corrected chi connectivity index (χ2v) is 6.19. The molecule has 4 heteroatoms. The molecule has 1 N–H and O–H groups in total. The number of nitrogens with one attached hydrogen (secondary N) is 1. The van der Waals surface area contributed by atoms with Gasteiger partial charge in [-0.1, -0.05) is 26.0 Å². The summed E-state index contributed by atoms with van der Waals surface area (Å²) in [5, 5.41) is 8.64. The minimum absolute atomic E-state index is 0.527. The standard InChI is InChI=1S/C19H27N3O/c1-4-14(5-2)18-15-10-8-9-13-20-19(15)22(21-18)16-11-6-7-12-17(16)23-3/h6-7,11-12,14,20H,4-5,8-10,13H2,1-3H3. The summed E-state index contributed by atoms with van der Waals surface area (Å²) in [7, 11) is 1.72. The van der Waals surface area contributed by atoms with Crippen molar-refractivity contribution in [3.63, 3.8) is 0 Å². The Bertz CT molecular complexity index is 659. The zero-order valence-electron chi connectivity index (χ0n) is 14.4. The van der Waals surface area contributed by atoms with E-state index in [1.807, 2.05) is 18.2 Å². The summed E-state index contributed by atoms with van der Waals surface area (Å²) in [4.78, 5) is 0. The van der Waals surface area contributed by atoms with Crippen LogP contribution in [0, 0.1) is 0 Å². The van der Waals surface area contributed by atoms with Crippen LogP contribution < -0.4 is 10.1 Å². The normalized spacial score (nSPS) is 14.3. The van der Waals surface area contributed by atoms with Crippen molar-refractivity contribution in [2.24, 2.45) is 0 Å². The lowest BCUT2D eigenvalue weighted by Crippen LogP contribution is -2.08. The van der Waals surface area contributed by atoms with E-state index in [0.29, 0.717) is 5.92 Å². The molecule has 0 saturated heterocycles. The first-order valence-electron chi connectivity index (χ1n) is 8.79. The van der Waals surface area contributed by atoms with E-state index in [2.05, 4.69) is 29.9 Å². The lowest BCUT2D eigenvalue weighted by molar-refractivity contribution is 0.411. The molecule has 3 rings (SSSR count). The van der Waals surface area contributed by atoms with Crippen molar-refractivity contribution in [2.45, 2.75) is 51.9 Å². The Balaban J connectivity index is 2.17. The number of fused-ring (bicyclic) bond motifs is 1. The predicted octanol–water partition coefficient (Wildman–Crippen LogP) is 4.53. The molecule has 124 valence electrons. The van der Waals surface area contributed by atoms with E-state index in [4.69, 9.17) is 9.84 Å². The van der Waals surface area contributed by atoms with Gasteiger partial charge in [-0.2, -0.15) is 5.10 Å². The molecule has 2 aromatic rings. The molecule has 0 spiro atoms. The number of anilines is 1. The smallest absolute Gasteiger partial charge is 0.144 e. The van der Waals surface area contributed by atoms with Crippen molar-refractivity contribution in [1.29, 1.82) is 0 Å². The van der Waals surface area contributed by atoms with E-state index >= 15 is 0 Å². The average Bonchev–Trinajstić information content (AvgIpc) is 2.78. The number of ether oxygens (including phenoxy) is 1. The highest BCUT2D eigenvalue weighted by molar-refractivity contribution is 5.58. The SMILES string of the molecule is CCC(CC)c1nn(-c2ccccc2OC)c2c1CCCCN2. The topological polar surface area (TPSA) is 39.1 Å². The molecule has 0 saturated carbocycles. The van der Waals surface area contributed by atoms with Crippen molar-refractivity contribution < 1.29 is 4.74 Å². The van der Waals surface area contributed by atoms with Gasteiger partial charge in [0.2, 0.25) is 0 Å². The highest BCUT2D eigenvalue weighted by Crippen LogP contribution is 2.36. The summed E-state index contributed by atoms with van der Waals surface area (Å²) >= 11 is 0. The maximum Gasteiger partial charge on any atom is 0.144 e. The summed E-state index contributed by atoms with van der Waals surface area (Å²) < 4.78 is 7.62. The lowest BCUT2D eigenvalue weighted by atomic mass is 9.94. The van der Waals surface area contributed by atoms with Gasteiger partial charge in [0, 0.05) is 18.0 Å². The van der Waals surface area contributed by atoms with Crippen molar-refractivity contribution in [2.75, 3.05) is 19.0 Å². The van der Waals surface area contributed by atoms with E-state index in [1.54, 1.807) is 7.11 Å². The van der Waals surface area contributed by atoms with E-state index in [1.165, 1.54) is 24.1 Å². The Hall–Kier alpha value is -1.97. The Morgan fingerprint density at radius 1 is 1.22 bits per heavy atom. The molecular formula is C19H27N3O. The third kappa shape index (κ3) is 2.94. The van der Waals surface area contributed by atoms with Crippen molar-refractivity contribution in [1.82, 2.24) is 9.78 Å². The van der Waals surface area contributed by atoms with Gasteiger partial charge < -0.3 is 10.1 Å². The summed E-state index contributed by atoms with van der Waals surface area (Å²) in [5.74, 6) is 2.55. The number of benzene rings is 1. The number of aromatic nitrogens is 2. The van der Waals surface area contributed by atoms with Crippen LogP contribution >= 0.6 is 0 Å². The Labute approximate surface area is 138 Å². The first-order valence-corrected chi connectivity index (χ1v) is 8.79. The molecule has 1 aromatic heterocycles. The fourth-order valence-electron chi connectivity index (χ4n) is 3.51. The van der Waals surface area contributed by atoms with Crippen molar-refractivity contribution >= 4 is 5.82 Å². The molecule has 0 atom stereocenters. The maximum absolute atomic E-state index is 5.56. The number of hydrogen-bond acceptors (Lipinski definition) is 3. The number of nitrogens with zero attached hydrogens (tertiary/aromatic N) is 2. The Kier molecular flexibility index (Phi) is 4.89. The van der Waals surface area contributed by atoms with Crippen LogP contribution in [0.2, 0.25) is 0 Å². The molecule has 23 heavy (non-hydrogen) atoms. The van der Waals surface area contributed by atoms with Crippen LogP contribution in [0.4, 0.5) is 5.82 Å². The van der Waals surface area contributed by atoms with Crippen LogP contribution in [0.3, 0.4) is 0 Å². The third-order valence-electron chi connectivity index (χ3n) is 4.85. The molecule has 0 bridgehead atoms. The number of rotatable bonds is 5.